The maximum Gasteiger partial charge on any atom is 0.327 e. The minimum atomic E-state index is -1.03. The second kappa shape index (κ2) is 6.25. The van der Waals surface area contributed by atoms with Crippen molar-refractivity contribution < 1.29 is 24.2 Å². The second-order valence-corrected chi connectivity index (χ2v) is 8.43. The number of thioether (sulfide) groups is 1. The molecule has 0 bridgehead atoms. The summed E-state index contributed by atoms with van der Waals surface area (Å²) in [7, 11) is 0. The number of rotatable bonds is 5. The number of hydrogen-bond donors (Lipinski definition) is 2. The Morgan fingerprint density at radius 3 is 2.56 bits per heavy atom. The molecule has 2 heterocycles. The van der Waals surface area contributed by atoms with Gasteiger partial charge in [-0.3, -0.25) is 9.59 Å². The number of ether oxygens (including phenoxy) is 1. The van der Waals surface area contributed by atoms with Crippen LogP contribution in [-0.4, -0.2) is 56.1 Å². The number of carboxylic acids is 1. The molecule has 2 fully saturated rings. The van der Waals surface area contributed by atoms with E-state index in [2.05, 4.69) is 5.32 Å². The third-order valence-corrected chi connectivity index (χ3v) is 5.97. The molecule has 0 radical (unpaired) electrons. The van der Waals surface area contributed by atoms with E-state index >= 15 is 0 Å². The van der Waals surface area contributed by atoms with Crippen molar-refractivity contribution in [1.82, 2.24) is 10.2 Å². The number of nitrogens with zero attached hydrogens (tertiary/aromatic N) is 1. The smallest absolute Gasteiger partial charge is 0.327 e. The van der Waals surface area contributed by atoms with E-state index in [-0.39, 0.29) is 11.3 Å². The van der Waals surface area contributed by atoms with Gasteiger partial charge in [-0.1, -0.05) is 18.2 Å². The van der Waals surface area contributed by atoms with Crippen molar-refractivity contribution in [2.24, 2.45) is 0 Å². The van der Waals surface area contributed by atoms with E-state index in [4.69, 9.17) is 4.74 Å². The van der Waals surface area contributed by atoms with E-state index in [0.717, 1.165) is 0 Å². The van der Waals surface area contributed by atoms with Crippen molar-refractivity contribution in [3.63, 3.8) is 0 Å². The molecule has 1 aromatic carbocycles. The molecule has 2 aliphatic heterocycles. The lowest BCUT2D eigenvalue weighted by atomic mass is 9.96. The van der Waals surface area contributed by atoms with Gasteiger partial charge in [-0.15, -0.1) is 11.8 Å². The largest absolute Gasteiger partial charge is 0.481 e. The van der Waals surface area contributed by atoms with Gasteiger partial charge in [-0.05, 0) is 32.9 Å². The summed E-state index contributed by atoms with van der Waals surface area (Å²) in [6.07, 6.45) is -0.765. The number of carbonyl (C=O) groups is 3. The summed E-state index contributed by atoms with van der Waals surface area (Å²) in [5, 5.41) is 11.7. The van der Waals surface area contributed by atoms with Crippen LogP contribution in [0.2, 0.25) is 0 Å². The summed E-state index contributed by atoms with van der Waals surface area (Å²) in [4.78, 5) is 37.5. The Hall–Kier alpha value is -2.22. The Morgan fingerprint density at radius 2 is 1.96 bits per heavy atom. The molecule has 2 aliphatic rings. The number of aliphatic carboxylic acids is 1. The number of carboxylic acid groups (broad SMARTS) is 1. The summed E-state index contributed by atoms with van der Waals surface area (Å²) >= 11 is 1.39. The normalized spacial score (nSPS) is 27.9. The van der Waals surface area contributed by atoms with Gasteiger partial charge in [0.1, 0.15) is 23.2 Å². The molecule has 0 aliphatic carbocycles. The molecule has 3 rings (SSSR count). The summed E-state index contributed by atoms with van der Waals surface area (Å²) < 4.78 is 4.94. The molecule has 8 heteroatoms. The number of fused-ring (bicyclic) bond motifs is 1. The van der Waals surface area contributed by atoms with E-state index in [1.807, 2.05) is 6.07 Å². The van der Waals surface area contributed by atoms with Crippen LogP contribution in [0.1, 0.15) is 20.8 Å². The SMILES string of the molecule is CC(Oc1ccccc1)C(=O)N[C@@H]1C(=O)N2C(C(=O)O)C(C)(C)S[C@H]12. The summed E-state index contributed by atoms with van der Waals surface area (Å²) in [6, 6.07) is 7.33. The number of carbonyl (C=O) groups excluding carboxylic acids is 2. The van der Waals surface area contributed by atoms with Crippen molar-refractivity contribution >= 4 is 29.5 Å². The second-order valence-electron chi connectivity index (χ2n) is 6.66. The molecule has 0 aromatic heterocycles. The van der Waals surface area contributed by atoms with Crippen molar-refractivity contribution in [3.05, 3.63) is 30.3 Å². The van der Waals surface area contributed by atoms with Crippen LogP contribution in [-0.2, 0) is 14.4 Å². The molecule has 134 valence electrons. The lowest BCUT2D eigenvalue weighted by Crippen LogP contribution is -2.71. The molecule has 2 amide bonds. The van der Waals surface area contributed by atoms with Crippen molar-refractivity contribution in [1.29, 1.82) is 0 Å². The highest BCUT2D eigenvalue weighted by molar-refractivity contribution is 8.01. The molecule has 0 saturated carbocycles. The quantitative estimate of drug-likeness (QED) is 0.759. The number of benzene rings is 1. The zero-order valence-corrected chi connectivity index (χ0v) is 14.9. The molecule has 4 atom stereocenters. The van der Waals surface area contributed by atoms with Crippen LogP contribution >= 0.6 is 11.8 Å². The third kappa shape index (κ3) is 3.06. The minimum Gasteiger partial charge on any atom is -0.481 e. The monoisotopic (exact) mass is 364 g/mol. The maximum absolute atomic E-state index is 12.4. The highest BCUT2D eigenvalue weighted by Crippen LogP contribution is 2.50. The Balaban J connectivity index is 1.64. The first-order valence-corrected chi connectivity index (χ1v) is 8.85. The van der Waals surface area contributed by atoms with E-state index in [1.165, 1.54) is 16.7 Å². The van der Waals surface area contributed by atoms with Crippen LogP contribution < -0.4 is 10.1 Å². The molecule has 2 N–H and O–H groups in total. The van der Waals surface area contributed by atoms with Crippen LogP contribution in [0.5, 0.6) is 5.75 Å². The van der Waals surface area contributed by atoms with Crippen LogP contribution in [0, 0.1) is 0 Å². The van der Waals surface area contributed by atoms with Gasteiger partial charge >= 0.3 is 5.97 Å². The summed E-state index contributed by atoms with van der Waals surface area (Å²) in [6.45, 7) is 5.19. The van der Waals surface area contributed by atoms with Crippen molar-refractivity contribution in [2.75, 3.05) is 0 Å². The van der Waals surface area contributed by atoms with Crippen LogP contribution in [0.25, 0.3) is 0 Å². The average molecular weight is 364 g/mol. The Morgan fingerprint density at radius 1 is 1.32 bits per heavy atom. The number of amides is 2. The molecule has 2 unspecified atom stereocenters. The molecule has 7 nitrogen and oxygen atoms in total. The zero-order valence-electron chi connectivity index (χ0n) is 14.1. The predicted molar refractivity (Wildman–Crippen MR) is 92.2 cm³/mol. The van der Waals surface area contributed by atoms with Crippen LogP contribution in [0.15, 0.2) is 30.3 Å². The summed E-state index contributed by atoms with van der Waals surface area (Å²) in [5.41, 5.74) is 0. The topological polar surface area (TPSA) is 95.9 Å². The first-order valence-electron chi connectivity index (χ1n) is 7.97. The van der Waals surface area contributed by atoms with Gasteiger partial charge in [0.25, 0.3) is 5.91 Å². The number of para-hydroxylation sites is 1. The number of nitrogens with one attached hydrogen (secondary N) is 1. The first-order chi connectivity index (χ1) is 11.7. The van der Waals surface area contributed by atoms with Crippen molar-refractivity contribution in [3.8, 4) is 5.75 Å². The van der Waals surface area contributed by atoms with Gasteiger partial charge in [0.05, 0.1) is 0 Å². The maximum atomic E-state index is 12.4. The molecule has 2 saturated heterocycles. The summed E-state index contributed by atoms with van der Waals surface area (Å²) in [5.74, 6) is -1.23. The fourth-order valence-corrected chi connectivity index (χ4v) is 4.80. The molecular weight excluding hydrogens is 344 g/mol. The van der Waals surface area contributed by atoms with Gasteiger partial charge in [-0.25, -0.2) is 4.79 Å². The number of β-lactam (4-membered cyclic amide) rings is 1. The number of hydrogen-bond acceptors (Lipinski definition) is 5. The Kier molecular flexibility index (Phi) is 4.40. The Labute approximate surface area is 149 Å². The van der Waals surface area contributed by atoms with Gasteiger partial charge in [-0.2, -0.15) is 0 Å². The molecule has 0 spiro atoms. The molecule has 25 heavy (non-hydrogen) atoms. The third-order valence-electron chi connectivity index (χ3n) is 4.40. The molecule has 1 aromatic rings. The van der Waals surface area contributed by atoms with Gasteiger partial charge in [0.15, 0.2) is 6.10 Å². The van der Waals surface area contributed by atoms with E-state index < -0.39 is 34.8 Å². The highest BCUT2D eigenvalue weighted by Gasteiger charge is 2.64. The van der Waals surface area contributed by atoms with E-state index in [9.17, 15) is 19.5 Å². The minimum absolute atomic E-state index is 0.364. The lowest BCUT2D eigenvalue weighted by Gasteiger charge is -2.43. The predicted octanol–water partition coefficient (Wildman–Crippen LogP) is 1.09. The average Bonchev–Trinajstić information content (AvgIpc) is 2.81. The highest BCUT2D eigenvalue weighted by atomic mass is 32.2. The van der Waals surface area contributed by atoms with Gasteiger partial charge < -0.3 is 20.1 Å². The molecular formula is C17H20N2O5S. The fraction of sp³-hybridized carbons (Fsp3) is 0.471. The van der Waals surface area contributed by atoms with Crippen molar-refractivity contribution in [2.45, 2.75) is 49.1 Å². The fourth-order valence-electron chi connectivity index (χ4n) is 3.17. The standard InChI is InChI=1S/C17H20N2O5S/c1-9(24-10-7-5-4-6-8-10)13(20)18-11-14(21)19-12(16(22)23)17(2,3)25-15(11)19/h4-9,11-12,15H,1-3H3,(H,18,20)(H,22,23)/t9?,11-,12?,15-/m1/s1. The lowest BCUT2D eigenvalue weighted by molar-refractivity contribution is -0.161. The van der Waals surface area contributed by atoms with Crippen LogP contribution in [0.3, 0.4) is 0 Å². The van der Waals surface area contributed by atoms with Gasteiger partial charge in [0, 0.05) is 4.75 Å². The zero-order chi connectivity index (χ0) is 18.4. The van der Waals surface area contributed by atoms with E-state index in [1.54, 1.807) is 45.0 Å². The van der Waals surface area contributed by atoms with Gasteiger partial charge in [0.2, 0.25) is 5.91 Å². The first kappa shape index (κ1) is 17.6. The Bertz CT molecular complexity index is 708. The van der Waals surface area contributed by atoms with E-state index in [0.29, 0.717) is 5.75 Å². The van der Waals surface area contributed by atoms with Crippen LogP contribution in [0.4, 0.5) is 0 Å².